The second-order valence-corrected chi connectivity index (χ2v) is 3.68. The maximum atomic E-state index is 12.0. The van der Waals surface area contributed by atoms with Crippen LogP contribution in [0.1, 0.15) is 38.0 Å². The van der Waals surface area contributed by atoms with Gasteiger partial charge in [0.15, 0.2) is 0 Å². The SMILES string of the molecule is CCCn1cncc1C(O)CCC(F)(F)F. The summed E-state index contributed by atoms with van der Waals surface area (Å²) in [7, 11) is 0. The van der Waals surface area contributed by atoms with E-state index in [1.54, 1.807) is 4.57 Å². The van der Waals surface area contributed by atoms with Gasteiger partial charge in [0.2, 0.25) is 0 Å². The highest BCUT2D eigenvalue weighted by molar-refractivity contribution is 5.02. The van der Waals surface area contributed by atoms with Gasteiger partial charge in [0, 0.05) is 13.0 Å². The zero-order chi connectivity index (χ0) is 12.2. The molecule has 0 radical (unpaired) electrons. The number of hydrogen-bond acceptors (Lipinski definition) is 2. The Hall–Kier alpha value is -1.04. The first-order valence-corrected chi connectivity index (χ1v) is 5.19. The Morgan fingerprint density at radius 3 is 2.75 bits per heavy atom. The van der Waals surface area contributed by atoms with Crippen LogP contribution in [0.4, 0.5) is 13.2 Å². The van der Waals surface area contributed by atoms with Crippen molar-refractivity contribution in [2.24, 2.45) is 0 Å². The molecule has 1 heterocycles. The van der Waals surface area contributed by atoms with Crippen LogP contribution in [0.5, 0.6) is 0 Å². The Balaban J connectivity index is 2.58. The van der Waals surface area contributed by atoms with Gasteiger partial charge in [0.25, 0.3) is 0 Å². The summed E-state index contributed by atoms with van der Waals surface area (Å²) in [6.07, 6.45) is -2.85. The molecular formula is C10H15F3N2O. The average molecular weight is 236 g/mol. The molecule has 0 saturated heterocycles. The third-order valence-corrected chi connectivity index (χ3v) is 2.25. The maximum Gasteiger partial charge on any atom is 0.389 e. The van der Waals surface area contributed by atoms with E-state index >= 15 is 0 Å². The van der Waals surface area contributed by atoms with Crippen molar-refractivity contribution in [2.75, 3.05) is 0 Å². The second-order valence-electron chi connectivity index (χ2n) is 3.68. The van der Waals surface area contributed by atoms with Crippen LogP contribution in [0, 0.1) is 0 Å². The van der Waals surface area contributed by atoms with Gasteiger partial charge in [-0.25, -0.2) is 4.98 Å². The zero-order valence-electron chi connectivity index (χ0n) is 9.04. The van der Waals surface area contributed by atoms with E-state index < -0.39 is 18.7 Å². The number of nitrogens with zero attached hydrogens (tertiary/aromatic N) is 2. The van der Waals surface area contributed by atoms with Crippen LogP contribution >= 0.6 is 0 Å². The smallest absolute Gasteiger partial charge is 0.387 e. The summed E-state index contributed by atoms with van der Waals surface area (Å²) in [4.78, 5) is 3.83. The van der Waals surface area contributed by atoms with E-state index in [1.807, 2.05) is 6.92 Å². The fraction of sp³-hybridized carbons (Fsp3) is 0.700. The van der Waals surface area contributed by atoms with Crippen molar-refractivity contribution in [1.29, 1.82) is 0 Å². The average Bonchev–Trinajstić information content (AvgIpc) is 2.62. The van der Waals surface area contributed by atoms with Gasteiger partial charge in [-0.3, -0.25) is 0 Å². The van der Waals surface area contributed by atoms with Crippen LogP contribution in [0.2, 0.25) is 0 Å². The minimum absolute atomic E-state index is 0.321. The van der Waals surface area contributed by atoms with Crippen molar-refractivity contribution in [1.82, 2.24) is 9.55 Å². The van der Waals surface area contributed by atoms with Crippen LogP contribution < -0.4 is 0 Å². The monoisotopic (exact) mass is 236 g/mol. The van der Waals surface area contributed by atoms with E-state index in [2.05, 4.69) is 4.98 Å². The van der Waals surface area contributed by atoms with Gasteiger partial charge < -0.3 is 9.67 Å². The number of aliphatic hydroxyl groups is 1. The molecule has 1 aromatic rings. The minimum atomic E-state index is -4.23. The van der Waals surface area contributed by atoms with Gasteiger partial charge in [-0.05, 0) is 12.8 Å². The molecule has 1 rings (SSSR count). The number of halogens is 3. The number of rotatable bonds is 5. The molecule has 0 fully saturated rings. The Morgan fingerprint density at radius 2 is 2.19 bits per heavy atom. The van der Waals surface area contributed by atoms with E-state index in [4.69, 9.17) is 0 Å². The summed E-state index contributed by atoms with van der Waals surface area (Å²) in [5.41, 5.74) is 0.450. The highest BCUT2D eigenvalue weighted by Gasteiger charge is 2.28. The first kappa shape index (κ1) is 13.0. The van der Waals surface area contributed by atoms with Crippen molar-refractivity contribution in [3.63, 3.8) is 0 Å². The molecular weight excluding hydrogens is 221 g/mol. The first-order valence-electron chi connectivity index (χ1n) is 5.19. The van der Waals surface area contributed by atoms with Crippen LogP contribution in [0.15, 0.2) is 12.5 Å². The number of aliphatic hydroxyl groups excluding tert-OH is 1. The summed E-state index contributed by atoms with van der Waals surface area (Å²) in [6.45, 7) is 2.60. The molecule has 0 bridgehead atoms. The number of alkyl halides is 3. The molecule has 0 saturated carbocycles. The van der Waals surface area contributed by atoms with Gasteiger partial charge in [-0.15, -0.1) is 0 Å². The lowest BCUT2D eigenvalue weighted by Gasteiger charge is -2.14. The van der Waals surface area contributed by atoms with Crippen LogP contribution in [-0.4, -0.2) is 20.8 Å². The Kier molecular flexibility index (Phi) is 4.35. The van der Waals surface area contributed by atoms with E-state index in [0.717, 1.165) is 6.42 Å². The largest absolute Gasteiger partial charge is 0.389 e. The lowest BCUT2D eigenvalue weighted by Crippen LogP contribution is -2.12. The highest BCUT2D eigenvalue weighted by Crippen LogP contribution is 2.27. The van der Waals surface area contributed by atoms with Crippen molar-refractivity contribution < 1.29 is 18.3 Å². The maximum absolute atomic E-state index is 12.0. The standard InChI is InChI=1S/C10H15F3N2O/c1-2-5-15-7-14-6-8(15)9(16)3-4-10(11,12)13/h6-7,9,16H,2-5H2,1H3. The molecule has 92 valence electrons. The van der Waals surface area contributed by atoms with Gasteiger partial charge in [-0.1, -0.05) is 6.92 Å². The van der Waals surface area contributed by atoms with Gasteiger partial charge in [0.05, 0.1) is 24.3 Å². The number of aryl methyl sites for hydroxylation is 1. The summed E-state index contributed by atoms with van der Waals surface area (Å²) < 4.78 is 37.6. The molecule has 3 nitrogen and oxygen atoms in total. The fourth-order valence-corrected chi connectivity index (χ4v) is 1.48. The summed E-state index contributed by atoms with van der Waals surface area (Å²) in [5, 5.41) is 9.62. The van der Waals surface area contributed by atoms with Crippen LogP contribution in [0.3, 0.4) is 0 Å². The van der Waals surface area contributed by atoms with Gasteiger partial charge in [0.1, 0.15) is 0 Å². The van der Waals surface area contributed by atoms with Gasteiger partial charge >= 0.3 is 6.18 Å². The third kappa shape index (κ3) is 3.84. The molecule has 0 aliphatic carbocycles. The highest BCUT2D eigenvalue weighted by atomic mass is 19.4. The molecule has 0 amide bonds. The van der Waals surface area contributed by atoms with E-state index in [9.17, 15) is 18.3 Å². The predicted molar refractivity (Wildman–Crippen MR) is 52.8 cm³/mol. The molecule has 1 aromatic heterocycles. The summed E-state index contributed by atoms with van der Waals surface area (Å²) >= 11 is 0. The quantitative estimate of drug-likeness (QED) is 0.853. The normalized spacial score (nSPS) is 14.1. The fourth-order valence-electron chi connectivity index (χ4n) is 1.48. The molecule has 16 heavy (non-hydrogen) atoms. The first-order chi connectivity index (χ1) is 7.44. The molecule has 1 N–H and O–H groups in total. The molecule has 0 aliphatic rings. The molecule has 1 unspecified atom stereocenters. The second kappa shape index (κ2) is 5.34. The van der Waals surface area contributed by atoms with Gasteiger partial charge in [-0.2, -0.15) is 13.2 Å². The zero-order valence-corrected chi connectivity index (χ0v) is 9.04. The van der Waals surface area contributed by atoms with Crippen LogP contribution in [0.25, 0.3) is 0 Å². The molecule has 6 heteroatoms. The van der Waals surface area contributed by atoms with E-state index in [1.165, 1.54) is 12.5 Å². The molecule has 0 aromatic carbocycles. The van der Waals surface area contributed by atoms with E-state index in [-0.39, 0.29) is 6.42 Å². The van der Waals surface area contributed by atoms with Crippen molar-refractivity contribution in [2.45, 2.75) is 45.0 Å². The lowest BCUT2D eigenvalue weighted by atomic mass is 10.1. The molecule has 0 aliphatic heterocycles. The Labute approximate surface area is 91.9 Å². The molecule has 1 atom stereocenters. The van der Waals surface area contributed by atoms with E-state index in [0.29, 0.717) is 12.2 Å². The summed E-state index contributed by atoms with van der Waals surface area (Å²) in [5.74, 6) is 0. The van der Waals surface area contributed by atoms with Crippen molar-refractivity contribution in [3.05, 3.63) is 18.2 Å². The lowest BCUT2D eigenvalue weighted by molar-refractivity contribution is -0.140. The topological polar surface area (TPSA) is 38.0 Å². The Morgan fingerprint density at radius 1 is 1.50 bits per heavy atom. The number of imidazole rings is 1. The third-order valence-electron chi connectivity index (χ3n) is 2.25. The Bertz CT molecular complexity index is 322. The summed E-state index contributed by atoms with van der Waals surface area (Å²) in [6, 6.07) is 0. The van der Waals surface area contributed by atoms with Crippen molar-refractivity contribution >= 4 is 0 Å². The predicted octanol–water partition coefficient (Wildman–Crippen LogP) is 2.67. The number of hydrogen-bond donors (Lipinski definition) is 1. The van der Waals surface area contributed by atoms with Crippen molar-refractivity contribution in [3.8, 4) is 0 Å². The number of aromatic nitrogens is 2. The minimum Gasteiger partial charge on any atom is -0.387 e. The van der Waals surface area contributed by atoms with Crippen LogP contribution in [-0.2, 0) is 6.54 Å². The molecule has 0 spiro atoms.